The van der Waals surface area contributed by atoms with Gasteiger partial charge in [-0.25, -0.2) is 4.98 Å². The smallest absolute Gasteiger partial charge is 0.124 e. The van der Waals surface area contributed by atoms with Crippen molar-refractivity contribution in [1.29, 1.82) is 0 Å². The van der Waals surface area contributed by atoms with Crippen LogP contribution in [0.4, 0.5) is 5.82 Å². The van der Waals surface area contributed by atoms with Gasteiger partial charge in [0.1, 0.15) is 17.1 Å². The standard InChI is InChI=1S/C14H14N6/c1-14(9-17-3-5-19-14)10-6-11(20-13(15)7-10)12-8-16-2-4-18-12/h2-8H,9H2,1H3,(H2,15,20). The zero-order chi connectivity index (χ0) is 14.0. The van der Waals surface area contributed by atoms with Gasteiger partial charge < -0.3 is 5.73 Å². The highest BCUT2D eigenvalue weighted by atomic mass is 15.0. The molecule has 0 bridgehead atoms. The van der Waals surface area contributed by atoms with Gasteiger partial charge in [-0.3, -0.25) is 20.0 Å². The Bertz CT molecular complexity index is 679. The van der Waals surface area contributed by atoms with Crippen LogP contribution in [0.5, 0.6) is 0 Å². The van der Waals surface area contributed by atoms with Crippen molar-refractivity contribution >= 4 is 18.2 Å². The van der Waals surface area contributed by atoms with E-state index in [1.165, 1.54) is 0 Å². The van der Waals surface area contributed by atoms with Gasteiger partial charge in [-0.15, -0.1) is 0 Å². The summed E-state index contributed by atoms with van der Waals surface area (Å²) in [5, 5.41) is 0. The Morgan fingerprint density at radius 3 is 2.75 bits per heavy atom. The molecule has 20 heavy (non-hydrogen) atoms. The highest BCUT2D eigenvalue weighted by Crippen LogP contribution is 2.30. The molecule has 2 aromatic rings. The summed E-state index contributed by atoms with van der Waals surface area (Å²) in [5.74, 6) is 0.439. The van der Waals surface area contributed by atoms with E-state index in [1.807, 2.05) is 19.1 Å². The molecule has 0 fully saturated rings. The zero-order valence-corrected chi connectivity index (χ0v) is 11.1. The Morgan fingerprint density at radius 1 is 1.15 bits per heavy atom. The number of hydrogen-bond donors (Lipinski definition) is 1. The molecule has 6 heteroatoms. The van der Waals surface area contributed by atoms with E-state index < -0.39 is 5.54 Å². The van der Waals surface area contributed by atoms with Gasteiger partial charge in [0.15, 0.2) is 0 Å². The maximum atomic E-state index is 5.91. The fraction of sp³-hybridized carbons (Fsp3) is 0.214. The third-order valence-electron chi connectivity index (χ3n) is 3.22. The molecule has 2 N–H and O–H groups in total. The molecule has 0 saturated heterocycles. The molecule has 3 rings (SSSR count). The Balaban J connectivity index is 2.08. The molecular weight excluding hydrogens is 252 g/mol. The lowest BCUT2D eigenvalue weighted by Crippen LogP contribution is -2.26. The molecule has 0 spiro atoms. The minimum atomic E-state index is -0.414. The maximum Gasteiger partial charge on any atom is 0.124 e. The number of aromatic nitrogens is 3. The van der Waals surface area contributed by atoms with E-state index in [4.69, 9.17) is 5.73 Å². The lowest BCUT2D eigenvalue weighted by atomic mass is 9.92. The molecule has 3 heterocycles. The lowest BCUT2D eigenvalue weighted by Gasteiger charge is -2.26. The summed E-state index contributed by atoms with van der Waals surface area (Å²) in [7, 11) is 0. The summed E-state index contributed by atoms with van der Waals surface area (Å²) in [4.78, 5) is 21.4. The van der Waals surface area contributed by atoms with Crippen molar-refractivity contribution in [3.63, 3.8) is 0 Å². The van der Waals surface area contributed by atoms with Crippen molar-refractivity contribution in [2.45, 2.75) is 12.5 Å². The molecule has 0 aromatic carbocycles. The van der Waals surface area contributed by atoms with Crippen LogP contribution in [-0.4, -0.2) is 33.9 Å². The Kier molecular flexibility index (Phi) is 2.98. The monoisotopic (exact) mass is 266 g/mol. The number of rotatable bonds is 2. The molecule has 1 atom stereocenters. The number of pyridine rings is 1. The topological polar surface area (TPSA) is 89.4 Å². The van der Waals surface area contributed by atoms with Crippen molar-refractivity contribution in [2.75, 3.05) is 12.3 Å². The zero-order valence-electron chi connectivity index (χ0n) is 11.1. The quantitative estimate of drug-likeness (QED) is 0.891. The first-order valence-electron chi connectivity index (χ1n) is 6.25. The number of nitrogen functional groups attached to an aromatic ring is 1. The highest BCUT2D eigenvalue weighted by molar-refractivity contribution is 6.16. The summed E-state index contributed by atoms with van der Waals surface area (Å²) in [6.07, 6.45) is 8.33. The summed E-state index contributed by atoms with van der Waals surface area (Å²) in [5.41, 5.74) is 7.85. The maximum absolute atomic E-state index is 5.91. The van der Waals surface area contributed by atoms with Gasteiger partial charge in [-0.2, -0.15) is 0 Å². The van der Waals surface area contributed by atoms with E-state index >= 15 is 0 Å². The van der Waals surface area contributed by atoms with E-state index in [9.17, 15) is 0 Å². The number of aliphatic imine (C=N–C) groups is 2. The summed E-state index contributed by atoms with van der Waals surface area (Å²) in [6.45, 7) is 2.61. The minimum absolute atomic E-state index is 0.414. The lowest BCUT2D eigenvalue weighted by molar-refractivity contribution is 0.513. The van der Waals surface area contributed by atoms with Crippen LogP contribution in [-0.2, 0) is 5.54 Å². The van der Waals surface area contributed by atoms with E-state index in [1.54, 1.807) is 31.0 Å². The van der Waals surface area contributed by atoms with Crippen LogP contribution in [0, 0.1) is 0 Å². The van der Waals surface area contributed by atoms with E-state index in [0.717, 1.165) is 5.56 Å². The van der Waals surface area contributed by atoms with Crippen molar-refractivity contribution in [2.24, 2.45) is 9.98 Å². The van der Waals surface area contributed by atoms with Crippen LogP contribution < -0.4 is 5.73 Å². The van der Waals surface area contributed by atoms with Crippen molar-refractivity contribution < 1.29 is 0 Å². The molecule has 1 aliphatic rings. The third-order valence-corrected chi connectivity index (χ3v) is 3.22. The van der Waals surface area contributed by atoms with Gasteiger partial charge in [0, 0.05) is 24.8 Å². The van der Waals surface area contributed by atoms with Gasteiger partial charge in [-0.05, 0) is 24.6 Å². The average molecular weight is 266 g/mol. The number of nitrogens with two attached hydrogens (primary N) is 1. The van der Waals surface area contributed by atoms with Gasteiger partial charge in [0.05, 0.1) is 18.4 Å². The van der Waals surface area contributed by atoms with Gasteiger partial charge in [0.25, 0.3) is 0 Å². The molecule has 1 unspecified atom stereocenters. The van der Waals surface area contributed by atoms with E-state index in [0.29, 0.717) is 23.8 Å². The van der Waals surface area contributed by atoms with Gasteiger partial charge in [-0.1, -0.05) is 0 Å². The van der Waals surface area contributed by atoms with Crippen molar-refractivity contribution in [1.82, 2.24) is 15.0 Å². The number of anilines is 1. The summed E-state index contributed by atoms with van der Waals surface area (Å²) in [6, 6.07) is 3.77. The first-order chi connectivity index (χ1) is 9.67. The molecular formula is C14H14N6. The van der Waals surface area contributed by atoms with Gasteiger partial charge in [0.2, 0.25) is 0 Å². The fourth-order valence-corrected chi connectivity index (χ4v) is 2.11. The van der Waals surface area contributed by atoms with E-state index in [-0.39, 0.29) is 0 Å². The Morgan fingerprint density at radius 2 is 2.05 bits per heavy atom. The van der Waals surface area contributed by atoms with Gasteiger partial charge >= 0.3 is 0 Å². The van der Waals surface area contributed by atoms with Crippen LogP contribution in [0.2, 0.25) is 0 Å². The fourth-order valence-electron chi connectivity index (χ4n) is 2.11. The third kappa shape index (κ3) is 2.27. The van der Waals surface area contributed by atoms with Crippen LogP contribution in [0.3, 0.4) is 0 Å². The average Bonchev–Trinajstić information content (AvgIpc) is 2.48. The largest absolute Gasteiger partial charge is 0.384 e. The SMILES string of the molecule is CC1(c2cc(N)nc(-c3cnccn3)c2)CN=CC=N1. The van der Waals surface area contributed by atoms with Crippen molar-refractivity contribution in [3.8, 4) is 11.4 Å². The van der Waals surface area contributed by atoms with Crippen molar-refractivity contribution in [3.05, 3.63) is 36.3 Å². The molecule has 6 nitrogen and oxygen atoms in total. The highest BCUT2D eigenvalue weighted by Gasteiger charge is 2.27. The molecule has 0 amide bonds. The molecule has 100 valence electrons. The van der Waals surface area contributed by atoms with Crippen LogP contribution in [0.1, 0.15) is 12.5 Å². The first kappa shape index (κ1) is 12.4. The molecule has 0 saturated carbocycles. The summed E-state index contributed by atoms with van der Waals surface area (Å²) >= 11 is 0. The molecule has 0 aliphatic carbocycles. The van der Waals surface area contributed by atoms with Crippen LogP contribution in [0.15, 0.2) is 40.7 Å². The predicted molar refractivity (Wildman–Crippen MR) is 78.9 cm³/mol. The number of hydrogen-bond acceptors (Lipinski definition) is 6. The second kappa shape index (κ2) is 4.80. The predicted octanol–water partition coefficient (Wildman–Crippen LogP) is 1.49. The second-order valence-electron chi connectivity index (χ2n) is 4.80. The molecule has 2 aromatic heterocycles. The summed E-state index contributed by atoms with van der Waals surface area (Å²) < 4.78 is 0. The Labute approximate surface area is 116 Å². The van der Waals surface area contributed by atoms with Crippen LogP contribution >= 0.6 is 0 Å². The van der Waals surface area contributed by atoms with E-state index in [2.05, 4.69) is 24.9 Å². The Hall–Kier alpha value is -2.63. The van der Waals surface area contributed by atoms with Crippen LogP contribution in [0.25, 0.3) is 11.4 Å². The number of nitrogens with zero attached hydrogens (tertiary/aromatic N) is 5. The first-order valence-corrected chi connectivity index (χ1v) is 6.25. The molecule has 0 radical (unpaired) electrons. The second-order valence-corrected chi connectivity index (χ2v) is 4.80. The molecule has 1 aliphatic heterocycles. The normalized spacial score (nSPS) is 21.1. The minimum Gasteiger partial charge on any atom is -0.384 e.